The zero-order chi connectivity index (χ0) is 13.0. The van der Waals surface area contributed by atoms with Crippen molar-refractivity contribution in [2.45, 2.75) is 51.5 Å². The summed E-state index contributed by atoms with van der Waals surface area (Å²) in [5, 5.41) is 0. The lowest BCUT2D eigenvalue weighted by molar-refractivity contribution is 0.197. The van der Waals surface area contributed by atoms with E-state index in [1.54, 1.807) is 0 Å². The molecule has 18 heavy (non-hydrogen) atoms. The molecular weight excluding hydrogens is 222 g/mol. The van der Waals surface area contributed by atoms with E-state index < -0.39 is 0 Å². The van der Waals surface area contributed by atoms with Crippen LogP contribution in [-0.2, 0) is 5.54 Å². The summed E-state index contributed by atoms with van der Waals surface area (Å²) in [7, 11) is 0. The summed E-state index contributed by atoms with van der Waals surface area (Å²) < 4.78 is 5.87. The third-order valence-corrected chi connectivity index (χ3v) is 4.21. The molecule has 0 amide bonds. The van der Waals surface area contributed by atoms with Crippen molar-refractivity contribution in [2.75, 3.05) is 6.61 Å². The molecule has 0 aliphatic heterocycles. The summed E-state index contributed by atoms with van der Waals surface area (Å²) in [5.74, 6) is 1.51. The Hall–Kier alpha value is -1.02. The average Bonchev–Trinajstić information content (AvgIpc) is 2.40. The molecule has 2 nitrogen and oxygen atoms in total. The number of nitrogens with two attached hydrogens (primary N) is 1. The van der Waals surface area contributed by atoms with Crippen LogP contribution in [0.25, 0.3) is 0 Å². The van der Waals surface area contributed by atoms with Crippen LogP contribution in [0.5, 0.6) is 5.75 Å². The van der Waals surface area contributed by atoms with Crippen molar-refractivity contribution in [3.63, 3.8) is 0 Å². The number of ether oxygens (including phenoxy) is 1. The molecule has 0 bridgehead atoms. The summed E-state index contributed by atoms with van der Waals surface area (Å²) >= 11 is 0. The number of hydrogen-bond acceptors (Lipinski definition) is 2. The van der Waals surface area contributed by atoms with Gasteiger partial charge < -0.3 is 10.5 Å². The molecule has 2 unspecified atom stereocenters. The Labute approximate surface area is 111 Å². The van der Waals surface area contributed by atoms with Gasteiger partial charge in [-0.15, -0.1) is 0 Å². The summed E-state index contributed by atoms with van der Waals surface area (Å²) in [6, 6.07) is 8.31. The SMILES string of the molecule is CCCOc1ccccc1C1(N)CCCCC1C. The van der Waals surface area contributed by atoms with E-state index in [0.29, 0.717) is 5.92 Å². The molecule has 1 fully saturated rings. The van der Waals surface area contributed by atoms with Gasteiger partial charge in [-0.1, -0.05) is 44.9 Å². The van der Waals surface area contributed by atoms with E-state index in [1.165, 1.54) is 24.8 Å². The Morgan fingerprint density at radius 3 is 2.83 bits per heavy atom. The molecule has 2 rings (SSSR count). The van der Waals surface area contributed by atoms with Gasteiger partial charge in [0.05, 0.1) is 6.61 Å². The van der Waals surface area contributed by atoms with Gasteiger partial charge in [0, 0.05) is 11.1 Å². The maximum atomic E-state index is 6.72. The molecule has 0 aromatic heterocycles. The molecule has 2 N–H and O–H groups in total. The van der Waals surface area contributed by atoms with Crippen molar-refractivity contribution in [2.24, 2.45) is 11.7 Å². The van der Waals surface area contributed by atoms with E-state index in [9.17, 15) is 0 Å². The van der Waals surface area contributed by atoms with Crippen LogP contribution >= 0.6 is 0 Å². The Morgan fingerprint density at radius 1 is 1.33 bits per heavy atom. The van der Waals surface area contributed by atoms with Crippen LogP contribution in [0.2, 0.25) is 0 Å². The van der Waals surface area contributed by atoms with Crippen molar-refractivity contribution < 1.29 is 4.74 Å². The number of rotatable bonds is 4. The Kier molecular flexibility index (Phi) is 4.28. The van der Waals surface area contributed by atoms with Gasteiger partial charge in [-0.2, -0.15) is 0 Å². The van der Waals surface area contributed by atoms with E-state index in [4.69, 9.17) is 10.5 Å². The molecule has 0 spiro atoms. The van der Waals surface area contributed by atoms with Crippen LogP contribution in [0.15, 0.2) is 24.3 Å². The summed E-state index contributed by atoms with van der Waals surface area (Å²) in [6.07, 6.45) is 5.85. The fourth-order valence-corrected chi connectivity index (χ4v) is 2.96. The fourth-order valence-electron chi connectivity index (χ4n) is 2.96. The minimum absolute atomic E-state index is 0.206. The first-order valence-electron chi connectivity index (χ1n) is 7.19. The largest absolute Gasteiger partial charge is 0.493 e. The zero-order valence-electron chi connectivity index (χ0n) is 11.6. The van der Waals surface area contributed by atoms with E-state index in [-0.39, 0.29) is 5.54 Å². The molecule has 2 heteroatoms. The molecule has 2 atom stereocenters. The van der Waals surface area contributed by atoms with E-state index in [0.717, 1.165) is 25.2 Å². The topological polar surface area (TPSA) is 35.2 Å². The molecule has 100 valence electrons. The average molecular weight is 247 g/mol. The van der Waals surface area contributed by atoms with Crippen molar-refractivity contribution in [1.29, 1.82) is 0 Å². The van der Waals surface area contributed by atoms with Crippen molar-refractivity contribution in [1.82, 2.24) is 0 Å². The smallest absolute Gasteiger partial charge is 0.124 e. The molecular formula is C16H25NO. The van der Waals surface area contributed by atoms with Crippen molar-refractivity contribution in [3.8, 4) is 5.75 Å². The van der Waals surface area contributed by atoms with E-state index >= 15 is 0 Å². The molecule has 1 aromatic carbocycles. The number of benzene rings is 1. The quantitative estimate of drug-likeness (QED) is 0.877. The van der Waals surface area contributed by atoms with Gasteiger partial charge in [0.1, 0.15) is 5.75 Å². The van der Waals surface area contributed by atoms with Gasteiger partial charge in [-0.25, -0.2) is 0 Å². The number of para-hydroxylation sites is 1. The van der Waals surface area contributed by atoms with E-state index in [2.05, 4.69) is 32.0 Å². The highest BCUT2D eigenvalue weighted by Gasteiger charge is 2.37. The Balaban J connectivity index is 2.30. The highest BCUT2D eigenvalue weighted by molar-refractivity contribution is 5.39. The first-order chi connectivity index (χ1) is 8.68. The molecule has 1 aliphatic rings. The number of hydrogen-bond donors (Lipinski definition) is 1. The van der Waals surface area contributed by atoms with Crippen LogP contribution in [0.1, 0.15) is 51.5 Å². The van der Waals surface area contributed by atoms with Gasteiger partial charge >= 0.3 is 0 Å². The molecule has 1 saturated carbocycles. The third-order valence-electron chi connectivity index (χ3n) is 4.21. The van der Waals surface area contributed by atoms with Crippen LogP contribution in [0.3, 0.4) is 0 Å². The predicted octanol–water partition coefficient (Wildman–Crippen LogP) is 3.84. The second kappa shape index (κ2) is 5.75. The standard InChI is InChI=1S/C16H25NO/c1-3-12-18-15-10-5-4-9-14(15)16(17)11-7-6-8-13(16)2/h4-5,9-10,13H,3,6-8,11-12,17H2,1-2H3. The van der Waals surface area contributed by atoms with Crippen LogP contribution in [-0.4, -0.2) is 6.61 Å². The predicted molar refractivity (Wildman–Crippen MR) is 75.7 cm³/mol. The zero-order valence-corrected chi connectivity index (χ0v) is 11.6. The van der Waals surface area contributed by atoms with Crippen LogP contribution < -0.4 is 10.5 Å². The third kappa shape index (κ3) is 2.54. The second-order valence-electron chi connectivity index (χ2n) is 5.53. The lowest BCUT2D eigenvalue weighted by Gasteiger charge is -2.40. The van der Waals surface area contributed by atoms with Crippen LogP contribution in [0, 0.1) is 5.92 Å². The minimum Gasteiger partial charge on any atom is -0.493 e. The van der Waals surface area contributed by atoms with Crippen molar-refractivity contribution >= 4 is 0 Å². The Bertz CT molecular complexity index is 390. The normalized spacial score (nSPS) is 28.1. The molecule has 1 aromatic rings. The summed E-state index contributed by atoms with van der Waals surface area (Å²) in [4.78, 5) is 0. The fraction of sp³-hybridized carbons (Fsp3) is 0.625. The highest BCUT2D eigenvalue weighted by atomic mass is 16.5. The van der Waals surface area contributed by atoms with Gasteiger partial charge in [-0.3, -0.25) is 0 Å². The molecule has 0 radical (unpaired) electrons. The van der Waals surface area contributed by atoms with E-state index in [1.807, 2.05) is 6.07 Å². The maximum absolute atomic E-state index is 6.72. The van der Waals surface area contributed by atoms with Gasteiger partial charge in [0.15, 0.2) is 0 Å². The summed E-state index contributed by atoms with van der Waals surface area (Å²) in [6.45, 7) is 5.17. The lowest BCUT2D eigenvalue weighted by Crippen LogP contribution is -2.45. The summed E-state index contributed by atoms with van der Waals surface area (Å²) in [5.41, 5.74) is 7.71. The maximum Gasteiger partial charge on any atom is 0.124 e. The monoisotopic (exact) mass is 247 g/mol. The lowest BCUT2D eigenvalue weighted by atomic mass is 9.70. The molecule has 0 heterocycles. The minimum atomic E-state index is -0.206. The molecule has 1 aliphatic carbocycles. The second-order valence-corrected chi connectivity index (χ2v) is 5.53. The van der Waals surface area contributed by atoms with Gasteiger partial charge in [-0.05, 0) is 31.2 Å². The van der Waals surface area contributed by atoms with Gasteiger partial charge in [0.25, 0.3) is 0 Å². The van der Waals surface area contributed by atoms with Crippen molar-refractivity contribution in [3.05, 3.63) is 29.8 Å². The van der Waals surface area contributed by atoms with Crippen LogP contribution in [0.4, 0.5) is 0 Å². The first-order valence-corrected chi connectivity index (χ1v) is 7.19. The highest BCUT2D eigenvalue weighted by Crippen LogP contribution is 2.42. The van der Waals surface area contributed by atoms with Gasteiger partial charge in [0.2, 0.25) is 0 Å². The first kappa shape index (κ1) is 13.4. The Morgan fingerprint density at radius 2 is 2.11 bits per heavy atom. The molecule has 0 saturated heterocycles.